The lowest BCUT2D eigenvalue weighted by molar-refractivity contribution is 0.817. The van der Waals surface area contributed by atoms with E-state index in [1.54, 1.807) is 0 Å². The Morgan fingerprint density at radius 3 is 2.31 bits per heavy atom. The van der Waals surface area contributed by atoms with Crippen molar-refractivity contribution in [1.82, 2.24) is 15.2 Å². The summed E-state index contributed by atoms with van der Waals surface area (Å²) in [5, 5.41) is 8.15. The van der Waals surface area contributed by atoms with Gasteiger partial charge in [0, 0.05) is 10.9 Å². The first kappa shape index (κ1) is 11.2. The lowest BCUT2D eigenvalue weighted by Crippen LogP contribution is -2.03. The van der Waals surface area contributed by atoms with E-state index in [1.807, 2.05) is 26.0 Å². The zero-order valence-corrected chi connectivity index (χ0v) is 10.8. The van der Waals surface area contributed by atoms with Crippen LogP contribution in [0.2, 0.25) is 0 Å². The van der Waals surface area contributed by atoms with E-state index in [4.69, 9.17) is 0 Å². The summed E-state index contributed by atoms with van der Waals surface area (Å²) in [6.45, 7) is 3.87. The van der Waals surface area contributed by atoms with E-state index < -0.39 is 0 Å². The van der Waals surface area contributed by atoms with Crippen LogP contribution in [0.25, 0.3) is 0 Å². The van der Waals surface area contributed by atoms with E-state index in [-0.39, 0.29) is 0 Å². The first-order valence-corrected chi connectivity index (χ1v) is 5.85. The van der Waals surface area contributed by atoms with E-state index in [2.05, 4.69) is 43.2 Å². The minimum absolute atomic E-state index is 0.724. The molecule has 1 heterocycles. The summed E-state index contributed by atoms with van der Waals surface area (Å²) in [5.74, 6) is 0.769. The maximum Gasteiger partial charge on any atom is 0.155 e. The maximum absolute atomic E-state index is 4.41. The molecule has 1 aromatic carbocycles. The van der Waals surface area contributed by atoms with Crippen molar-refractivity contribution in [3.05, 3.63) is 51.5 Å². The van der Waals surface area contributed by atoms with Crippen LogP contribution in [-0.2, 0) is 6.42 Å². The van der Waals surface area contributed by atoms with Crippen LogP contribution in [-0.4, -0.2) is 15.2 Å². The van der Waals surface area contributed by atoms with Crippen molar-refractivity contribution in [3.8, 4) is 0 Å². The van der Waals surface area contributed by atoms with Crippen molar-refractivity contribution in [2.45, 2.75) is 20.3 Å². The molecule has 0 N–H and O–H groups in total. The van der Waals surface area contributed by atoms with Gasteiger partial charge in [-0.05, 0) is 31.5 Å². The average molecular weight is 278 g/mol. The summed E-state index contributed by atoms with van der Waals surface area (Å²) in [7, 11) is 0. The van der Waals surface area contributed by atoms with Gasteiger partial charge in [-0.3, -0.25) is 0 Å². The topological polar surface area (TPSA) is 38.7 Å². The maximum atomic E-state index is 4.41. The van der Waals surface area contributed by atoms with Gasteiger partial charge in [-0.2, -0.15) is 5.10 Å². The fraction of sp³-hybridized carbons (Fsp3) is 0.250. The Bertz CT molecular complexity index is 494. The Morgan fingerprint density at radius 1 is 1.00 bits per heavy atom. The highest BCUT2D eigenvalue weighted by atomic mass is 79.9. The molecule has 0 radical (unpaired) electrons. The van der Waals surface area contributed by atoms with Gasteiger partial charge in [0.25, 0.3) is 0 Å². The molecule has 0 aliphatic carbocycles. The van der Waals surface area contributed by atoms with Gasteiger partial charge in [0.05, 0.1) is 11.4 Å². The largest absolute Gasteiger partial charge is 0.234 e. The van der Waals surface area contributed by atoms with E-state index >= 15 is 0 Å². The quantitative estimate of drug-likeness (QED) is 0.847. The van der Waals surface area contributed by atoms with Crippen molar-refractivity contribution < 1.29 is 0 Å². The SMILES string of the molecule is Cc1nnc(Cc2ccc(Br)cc2)nc1C. The second-order valence-corrected chi connectivity index (χ2v) is 4.62. The molecule has 16 heavy (non-hydrogen) atoms. The fourth-order valence-electron chi connectivity index (χ4n) is 1.36. The third kappa shape index (κ3) is 2.64. The fourth-order valence-corrected chi connectivity index (χ4v) is 1.63. The normalized spacial score (nSPS) is 10.4. The van der Waals surface area contributed by atoms with Gasteiger partial charge in [0.1, 0.15) is 0 Å². The summed E-state index contributed by atoms with van der Waals surface area (Å²) in [6.07, 6.45) is 0.724. The highest BCUT2D eigenvalue weighted by Crippen LogP contribution is 2.12. The first-order chi connectivity index (χ1) is 7.65. The number of hydrogen-bond donors (Lipinski definition) is 0. The van der Waals surface area contributed by atoms with E-state index in [0.717, 1.165) is 28.1 Å². The van der Waals surface area contributed by atoms with Gasteiger partial charge < -0.3 is 0 Å². The molecule has 0 saturated carbocycles. The molecular formula is C12H12BrN3. The first-order valence-electron chi connectivity index (χ1n) is 5.06. The number of rotatable bonds is 2. The number of aryl methyl sites for hydroxylation is 2. The van der Waals surface area contributed by atoms with Crippen LogP contribution < -0.4 is 0 Å². The van der Waals surface area contributed by atoms with Gasteiger partial charge >= 0.3 is 0 Å². The lowest BCUT2D eigenvalue weighted by Gasteiger charge is -2.02. The molecule has 1 aromatic heterocycles. The number of nitrogens with zero attached hydrogens (tertiary/aromatic N) is 3. The van der Waals surface area contributed by atoms with Crippen molar-refractivity contribution in [3.63, 3.8) is 0 Å². The number of hydrogen-bond acceptors (Lipinski definition) is 3. The van der Waals surface area contributed by atoms with Crippen LogP contribution >= 0.6 is 15.9 Å². The van der Waals surface area contributed by atoms with E-state index in [0.29, 0.717) is 0 Å². The molecule has 2 rings (SSSR count). The molecule has 82 valence electrons. The molecule has 0 saturated heterocycles. The second kappa shape index (κ2) is 4.70. The molecule has 0 aliphatic heterocycles. The van der Waals surface area contributed by atoms with Crippen LogP contribution in [0.5, 0.6) is 0 Å². The molecule has 0 atom stereocenters. The van der Waals surface area contributed by atoms with Crippen LogP contribution in [0.3, 0.4) is 0 Å². The van der Waals surface area contributed by atoms with E-state index in [1.165, 1.54) is 5.56 Å². The molecule has 4 heteroatoms. The van der Waals surface area contributed by atoms with Gasteiger partial charge in [0.15, 0.2) is 5.82 Å². The monoisotopic (exact) mass is 277 g/mol. The highest BCUT2D eigenvalue weighted by Gasteiger charge is 2.02. The van der Waals surface area contributed by atoms with Gasteiger partial charge in [0.2, 0.25) is 0 Å². The molecular weight excluding hydrogens is 266 g/mol. The molecule has 2 aromatic rings. The van der Waals surface area contributed by atoms with E-state index in [9.17, 15) is 0 Å². The Kier molecular flexibility index (Phi) is 3.29. The second-order valence-electron chi connectivity index (χ2n) is 3.70. The molecule has 3 nitrogen and oxygen atoms in total. The summed E-state index contributed by atoms with van der Waals surface area (Å²) in [6, 6.07) is 8.15. The molecule has 0 aliphatic rings. The number of benzene rings is 1. The number of halogens is 1. The standard InChI is InChI=1S/C12H12BrN3/c1-8-9(2)15-16-12(14-8)7-10-3-5-11(13)6-4-10/h3-6H,7H2,1-2H3. The van der Waals surface area contributed by atoms with Crippen LogP contribution in [0.4, 0.5) is 0 Å². The highest BCUT2D eigenvalue weighted by molar-refractivity contribution is 9.10. The Hall–Kier alpha value is -1.29. The van der Waals surface area contributed by atoms with Gasteiger partial charge in [-0.25, -0.2) is 4.98 Å². The Labute approximate surface area is 103 Å². The molecule has 0 fully saturated rings. The summed E-state index contributed by atoms with van der Waals surface area (Å²) < 4.78 is 1.08. The van der Waals surface area contributed by atoms with Crippen LogP contribution in [0.1, 0.15) is 22.8 Å². The van der Waals surface area contributed by atoms with Crippen molar-refractivity contribution in [2.24, 2.45) is 0 Å². The summed E-state index contributed by atoms with van der Waals surface area (Å²) >= 11 is 3.41. The summed E-state index contributed by atoms with van der Waals surface area (Å²) in [4.78, 5) is 4.41. The third-order valence-electron chi connectivity index (χ3n) is 2.41. The van der Waals surface area contributed by atoms with Crippen LogP contribution in [0, 0.1) is 13.8 Å². The lowest BCUT2D eigenvalue weighted by atomic mass is 10.1. The number of aromatic nitrogens is 3. The van der Waals surface area contributed by atoms with Crippen molar-refractivity contribution >= 4 is 15.9 Å². The summed E-state index contributed by atoms with van der Waals surface area (Å²) in [5.41, 5.74) is 3.02. The third-order valence-corrected chi connectivity index (χ3v) is 2.94. The molecule has 0 amide bonds. The zero-order valence-electron chi connectivity index (χ0n) is 9.24. The molecule has 0 unspecified atom stereocenters. The minimum atomic E-state index is 0.724. The average Bonchev–Trinajstić information content (AvgIpc) is 2.27. The molecule has 0 spiro atoms. The predicted molar refractivity (Wildman–Crippen MR) is 66.2 cm³/mol. The van der Waals surface area contributed by atoms with Crippen LogP contribution in [0.15, 0.2) is 28.7 Å². The molecule has 0 bridgehead atoms. The van der Waals surface area contributed by atoms with Gasteiger partial charge in [-0.15, -0.1) is 5.10 Å². The Balaban J connectivity index is 2.20. The zero-order chi connectivity index (χ0) is 11.5. The smallest absolute Gasteiger partial charge is 0.155 e. The van der Waals surface area contributed by atoms with Crippen molar-refractivity contribution in [1.29, 1.82) is 0 Å². The van der Waals surface area contributed by atoms with Crippen molar-refractivity contribution in [2.75, 3.05) is 0 Å². The predicted octanol–water partition coefficient (Wildman–Crippen LogP) is 2.84. The van der Waals surface area contributed by atoms with Gasteiger partial charge in [-0.1, -0.05) is 28.1 Å². The minimum Gasteiger partial charge on any atom is -0.234 e. The Morgan fingerprint density at radius 2 is 1.69 bits per heavy atom.